The number of halogens is 1. The van der Waals surface area contributed by atoms with E-state index >= 15 is 0 Å². The van der Waals surface area contributed by atoms with Gasteiger partial charge in [-0.2, -0.15) is 5.26 Å². The quantitative estimate of drug-likeness (QED) is 0.483. The summed E-state index contributed by atoms with van der Waals surface area (Å²) in [6.07, 6.45) is 1.71. The Hall–Kier alpha value is -2.97. The van der Waals surface area contributed by atoms with Crippen LogP contribution in [0.25, 0.3) is 0 Å². The van der Waals surface area contributed by atoms with Crippen molar-refractivity contribution in [2.24, 2.45) is 5.73 Å². The number of hydrogen-bond donors (Lipinski definition) is 2. The van der Waals surface area contributed by atoms with Gasteiger partial charge in [-0.15, -0.1) is 0 Å². The molecule has 0 aromatic heterocycles. The van der Waals surface area contributed by atoms with Crippen molar-refractivity contribution < 1.29 is 23.8 Å². The zero-order chi connectivity index (χ0) is 22.4. The highest BCUT2D eigenvalue weighted by Gasteiger charge is 2.35. The molecule has 3 amide bonds. The number of urea groups is 1. The molecule has 9 nitrogen and oxygen atoms in total. The van der Waals surface area contributed by atoms with Crippen LogP contribution in [-0.2, 0) is 4.74 Å². The SMILES string of the molecule is N#CC=C1CCN(c2ccc(N3CC(CN(SCCO)C(N)=O)OC3=O)cc2F)CC1. The number of nitriles is 1. The van der Waals surface area contributed by atoms with Crippen molar-refractivity contribution in [3.8, 4) is 6.07 Å². The molecule has 0 saturated carbocycles. The number of nitrogens with two attached hydrogens (primary N) is 1. The third-order valence-corrected chi connectivity index (χ3v) is 6.09. The van der Waals surface area contributed by atoms with E-state index < -0.39 is 24.0 Å². The molecular formula is C20H24FN5O4S. The van der Waals surface area contributed by atoms with Crippen molar-refractivity contribution >= 4 is 35.4 Å². The van der Waals surface area contributed by atoms with E-state index in [-0.39, 0.29) is 25.4 Å². The lowest BCUT2D eigenvalue weighted by atomic mass is 10.0. The van der Waals surface area contributed by atoms with E-state index in [9.17, 15) is 14.0 Å². The number of aliphatic hydroxyl groups is 1. The molecule has 1 aromatic rings. The number of cyclic esters (lactones) is 1. The maximum Gasteiger partial charge on any atom is 0.414 e. The zero-order valence-electron chi connectivity index (χ0n) is 16.9. The Kier molecular flexibility index (Phi) is 7.59. The Bertz CT molecular complexity index is 896. The second-order valence-corrected chi connectivity index (χ2v) is 8.23. The van der Waals surface area contributed by atoms with Crippen LogP contribution in [0.1, 0.15) is 12.8 Å². The number of nitrogens with zero attached hydrogens (tertiary/aromatic N) is 4. The van der Waals surface area contributed by atoms with E-state index in [4.69, 9.17) is 20.8 Å². The normalized spacial score (nSPS) is 18.5. The number of rotatable bonds is 7. The number of benzene rings is 1. The maximum atomic E-state index is 14.8. The van der Waals surface area contributed by atoms with Crippen molar-refractivity contribution in [2.45, 2.75) is 18.9 Å². The van der Waals surface area contributed by atoms with E-state index in [1.165, 1.54) is 15.3 Å². The highest BCUT2D eigenvalue weighted by atomic mass is 32.2. The molecule has 2 heterocycles. The third-order valence-electron chi connectivity index (χ3n) is 5.09. The summed E-state index contributed by atoms with van der Waals surface area (Å²) in [5.74, 6) is -0.164. The maximum absolute atomic E-state index is 14.8. The number of aliphatic hydroxyl groups excluding tert-OH is 1. The van der Waals surface area contributed by atoms with Crippen LogP contribution in [0.2, 0.25) is 0 Å². The third kappa shape index (κ3) is 5.59. The molecule has 0 radical (unpaired) electrons. The van der Waals surface area contributed by atoms with Crippen molar-refractivity contribution in [3.05, 3.63) is 35.7 Å². The molecule has 1 atom stereocenters. The van der Waals surface area contributed by atoms with Gasteiger partial charge >= 0.3 is 12.1 Å². The number of piperidine rings is 1. The second-order valence-electron chi connectivity index (χ2n) is 7.13. The summed E-state index contributed by atoms with van der Waals surface area (Å²) < 4.78 is 21.4. The monoisotopic (exact) mass is 449 g/mol. The Labute approximate surface area is 184 Å². The van der Waals surface area contributed by atoms with Gasteiger partial charge < -0.3 is 20.5 Å². The summed E-state index contributed by atoms with van der Waals surface area (Å²) in [6.45, 7) is 1.32. The molecular weight excluding hydrogens is 425 g/mol. The van der Waals surface area contributed by atoms with Crippen LogP contribution in [0.3, 0.4) is 0 Å². The number of hydrogen-bond acceptors (Lipinski definition) is 7. The number of carbonyl (C=O) groups is 2. The van der Waals surface area contributed by atoms with E-state index in [0.29, 0.717) is 37.3 Å². The molecule has 0 spiro atoms. The fourth-order valence-electron chi connectivity index (χ4n) is 3.56. The molecule has 2 saturated heterocycles. The van der Waals surface area contributed by atoms with Crippen molar-refractivity contribution in [2.75, 3.05) is 48.3 Å². The predicted molar refractivity (Wildman–Crippen MR) is 115 cm³/mol. The van der Waals surface area contributed by atoms with Crippen LogP contribution in [0.15, 0.2) is 29.8 Å². The minimum absolute atomic E-state index is 0.0646. The van der Waals surface area contributed by atoms with Gasteiger partial charge in [-0.1, -0.05) is 5.57 Å². The van der Waals surface area contributed by atoms with Crippen LogP contribution in [-0.4, -0.2) is 66.2 Å². The zero-order valence-corrected chi connectivity index (χ0v) is 17.7. The standard InChI is InChI=1S/C20H24FN5O4S/c21-17-11-15(1-2-18(17)24-7-4-14(3-6-22)5-8-24)25-12-16(30-20(25)29)13-26(19(23)28)31-10-9-27/h1-3,11,16,27H,4-5,7-10,12-13H2,(H2,23,28). The van der Waals surface area contributed by atoms with Gasteiger partial charge in [0.25, 0.3) is 0 Å². The van der Waals surface area contributed by atoms with Crippen molar-refractivity contribution in [3.63, 3.8) is 0 Å². The molecule has 31 heavy (non-hydrogen) atoms. The molecule has 2 fully saturated rings. The number of amides is 3. The summed E-state index contributed by atoms with van der Waals surface area (Å²) in [7, 11) is 0. The largest absolute Gasteiger partial charge is 0.442 e. The Balaban J connectivity index is 1.65. The molecule has 166 valence electrons. The number of ether oxygens (including phenoxy) is 1. The van der Waals surface area contributed by atoms with E-state index in [2.05, 4.69) is 0 Å². The summed E-state index contributed by atoms with van der Waals surface area (Å²) in [5.41, 5.74) is 7.20. The fourth-order valence-corrected chi connectivity index (χ4v) is 4.26. The lowest BCUT2D eigenvalue weighted by Crippen LogP contribution is -2.38. The highest BCUT2D eigenvalue weighted by Crippen LogP contribution is 2.30. The number of primary amides is 1. The Morgan fingerprint density at radius 2 is 2.19 bits per heavy atom. The average Bonchev–Trinajstić information content (AvgIpc) is 3.12. The van der Waals surface area contributed by atoms with E-state index in [1.807, 2.05) is 11.0 Å². The number of allylic oxidation sites excluding steroid dienone is 1. The summed E-state index contributed by atoms with van der Waals surface area (Å²) >= 11 is 1.05. The Morgan fingerprint density at radius 1 is 1.45 bits per heavy atom. The van der Waals surface area contributed by atoms with Gasteiger partial charge in [0.05, 0.1) is 37.1 Å². The van der Waals surface area contributed by atoms with Crippen molar-refractivity contribution in [1.82, 2.24) is 4.31 Å². The summed E-state index contributed by atoms with van der Waals surface area (Å²) in [6, 6.07) is 5.93. The van der Waals surface area contributed by atoms with Gasteiger partial charge in [-0.3, -0.25) is 9.21 Å². The van der Waals surface area contributed by atoms with Crippen LogP contribution >= 0.6 is 11.9 Å². The first-order valence-corrected chi connectivity index (χ1v) is 10.8. The van der Waals surface area contributed by atoms with Crippen molar-refractivity contribution in [1.29, 1.82) is 5.26 Å². The topological polar surface area (TPSA) is 123 Å². The number of anilines is 2. The number of carbonyl (C=O) groups excluding carboxylic acids is 2. The lowest BCUT2D eigenvalue weighted by Gasteiger charge is -2.30. The molecule has 11 heteroatoms. The average molecular weight is 450 g/mol. The van der Waals surface area contributed by atoms with Crippen LogP contribution < -0.4 is 15.5 Å². The van der Waals surface area contributed by atoms with Gasteiger partial charge in [-0.05, 0) is 43.0 Å². The van der Waals surface area contributed by atoms with Gasteiger partial charge in [0.2, 0.25) is 0 Å². The smallest absolute Gasteiger partial charge is 0.414 e. The highest BCUT2D eigenvalue weighted by molar-refractivity contribution is 7.97. The first kappa shape index (κ1) is 22.7. The van der Waals surface area contributed by atoms with Crippen LogP contribution in [0, 0.1) is 17.1 Å². The second kappa shape index (κ2) is 10.4. The van der Waals surface area contributed by atoms with Gasteiger partial charge in [0.1, 0.15) is 11.9 Å². The molecule has 3 rings (SSSR count). The van der Waals surface area contributed by atoms with Crippen LogP contribution in [0.4, 0.5) is 25.4 Å². The molecule has 1 aromatic carbocycles. The minimum atomic E-state index is -0.697. The Morgan fingerprint density at radius 3 is 2.81 bits per heavy atom. The van der Waals surface area contributed by atoms with E-state index in [0.717, 1.165) is 17.5 Å². The molecule has 0 bridgehead atoms. The van der Waals surface area contributed by atoms with E-state index in [1.54, 1.807) is 18.2 Å². The molecule has 1 unspecified atom stereocenters. The van der Waals surface area contributed by atoms with Crippen LogP contribution in [0.5, 0.6) is 0 Å². The van der Waals surface area contributed by atoms with Gasteiger partial charge in [0, 0.05) is 24.9 Å². The van der Waals surface area contributed by atoms with Gasteiger partial charge in [-0.25, -0.2) is 14.0 Å². The fraction of sp³-hybridized carbons (Fsp3) is 0.450. The first-order chi connectivity index (χ1) is 14.9. The van der Waals surface area contributed by atoms with Gasteiger partial charge in [0.15, 0.2) is 0 Å². The molecule has 3 N–H and O–H groups in total. The minimum Gasteiger partial charge on any atom is -0.442 e. The molecule has 2 aliphatic rings. The summed E-state index contributed by atoms with van der Waals surface area (Å²) in [5, 5.41) is 17.7. The summed E-state index contributed by atoms with van der Waals surface area (Å²) in [4.78, 5) is 27.1. The molecule has 0 aliphatic carbocycles. The molecule has 2 aliphatic heterocycles. The first-order valence-electron chi connectivity index (χ1n) is 9.84. The lowest BCUT2D eigenvalue weighted by molar-refractivity contribution is 0.132. The predicted octanol–water partition coefficient (Wildman–Crippen LogP) is 2.22.